The summed E-state index contributed by atoms with van der Waals surface area (Å²) in [6, 6.07) is 17.2. The van der Waals surface area contributed by atoms with Crippen LogP contribution in [0.4, 0.5) is 0 Å². The predicted molar refractivity (Wildman–Crippen MR) is 96.6 cm³/mol. The third-order valence-corrected chi connectivity index (χ3v) is 3.77. The Hall–Kier alpha value is -2.37. The minimum absolute atomic E-state index is 0.189. The number of amides is 1. The summed E-state index contributed by atoms with van der Waals surface area (Å²) in [7, 11) is 1.74. The standard InChI is InChI=1S/C18H19N3OS/c1-3-8-17(19-2)14-9-7-10-15(13-14)18(22)20-21-23-16-11-5-4-6-12-16/h3-13,21H,1-2H3,(H,20,22)/b8-3-,19-17+. The smallest absolute Gasteiger partial charge is 0.266 e. The monoisotopic (exact) mass is 325 g/mol. The Morgan fingerprint density at radius 3 is 2.52 bits per heavy atom. The molecule has 4 nitrogen and oxygen atoms in total. The zero-order chi connectivity index (χ0) is 16.5. The molecule has 0 fully saturated rings. The van der Waals surface area contributed by atoms with Crippen LogP contribution >= 0.6 is 11.9 Å². The van der Waals surface area contributed by atoms with E-state index in [0.29, 0.717) is 5.56 Å². The molecule has 0 aliphatic carbocycles. The van der Waals surface area contributed by atoms with Gasteiger partial charge in [-0.15, -0.1) is 0 Å². The van der Waals surface area contributed by atoms with Gasteiger partial charge in [-0.1, -0.05) is 36.4 Å². The number of hydrazine groups is 1. The highest BCUT2D eigenvalue weighted by Crippen LogP contribution is 2.12. The van der Waals surface area contributed by atoms with E-state index in [4.69, 9.17) is 0 Å². The lowest BCUT2D eigenvalue weighted by molar-refractivity contribution is 0.0947. The average molecular weight is 325 g/mol. The number of hydrogen-bond acceptors (Lipinski definition) is 4. The molecule has 0 aliphatic heterocycles. The van der Waals surface area contributed by atoms with Gasteiger partial charge >= 0.3 is 0 Å². The Kier molecular flexibility index (Phi) is 6.59. The van der Waals surface area contributed by atoms with Crippen molar-refractivity contribution in [1.29, 1.82) is 0 Å². The number of nitrogens with one attached hydrogen (secondary N) is 2. The van der Waals surface area contributed by atoms with Crippen LogP contribution in [-0.4, -0.2) is 18.7 Å². The van der Waals surface area contributed by atoms with Crippen molar-refractivity contribution >= 4 is 23.6 Å². The number of aliphatic imine (C=N–C) groups is 1. The number of carbonyl (C=O) groups excluding carboxylic acids is 1. The van der Waals surface area contributed by atoms with Crippen molar-refractivity contribution in [1.82, 2.24) is 10.3 Å². The third-order valence-electron chi connectivity index (χ3n) is 3.06. The molecule has 2 aromatic carbocycles. The number of carbonyl (C=O) groups is 1. The molecule has 1 amide bonds. The van der Waals surface area contributed by atoms with Crippen molar-refractivity contribution in [2.45, 2.75) is 11.8 Å². The third kappa shape index (κ3) is 5.09. The Morgan fingerprint density at radius 2 is 1.83 bits per heavy atom. The van der Waals surface area contributed by atoms with Crippen LogP contribution in [0.2, 0.25) is 0 Å². The van der Waals surface area contributed by atoms with E-state index in [1.54, 1.807) is 13.1 Å². The molecular weight excluding hydrogens is 306 g/mol. The Balaban J connectivity index is 1.99. The van der Waals surface area contributed by atoms with Crippen LogP contribution in [0.25, 0.3) is 0 Å². The summed E-state index contributed by atoms with van der Waals surface area (Å²) in [5.41, 5.74) is 5.01. The highest BCUT2D eigenvalue weighted by Gasteiger charge is 2.07. The molecular formula is C18H19N3OS. The van der Waals surface area contributed by atoms with Gasteiger partial charge < -0.3 is 0 Å². The number of hydrogen-bond donors (Lipinski definition) is 2. The van der Waals surface area contributed by atoms with Crippen LogP contribution in [0.5, 0.6) is 0 Å². The SMILES string of the molecule is C/C=C\C(=N/C)c1cccc(C(=O)NNSc2ccccc2)c1. The molecule has 0 saturated carbocycles. The van der Waals surface area contributed by atoms with Gasteiger partial charge in [-0.25, -0.2) is 0 Å². The first-order valence-electron chi connectivity index (χ1n) is 7.21. The molecule has 2 aromatic rings. The topological polar surface area (TPSA) is 53.5 Å². The number of allylic oxidation sites excluding steroid dienone is 2. The van der Waals surface area contributed by atoms with E-state index in [2.05, 4.69) is 15.2 Å². The summed E-state index contributed by atoms with van der Waals surface area (Å²) in [6.45, 7) is 1.94. The lowest BCUT2D eigenvalue weighted by atomic mass is 10.1. The molecule has 2 rings (SSSR count). The predicted octanol–water partition coefficient (Wildman–Crippen LogP) is 3.62. The number of rotatable bonds is 6. The van der Waals surface area contributed by atoms with Crippen molar-refractivity contribution in [3.63, 3.8) is 0 Å². The van der Waals surface area contributed by atoms with Gasteiger partial charge in [0, 0.05) is 23.1 Å². The Labute approximate surface area is 140 Å². The van der Waals surface area contributed by atoms with Gasteiger partial charge in [-0.05, 0) is 49.2 Å². The first-order chi connectivity index (χ1) is 11.2. The average Bonchev–Trinajstić information content (AvgIpc) is 2.60. The molecule has 0 bridgehead atoms. The van der Waals surface area contributed by atoms with E-state index in [1.807, 2.05) is 67.6 Å². The van der Waals surface area contributed by atoms with Crippen LogP contribution in [-0.2, 0) is 0 Å². The highest BCUT2D eigenvalue weighted by atomic mass is 32.2. The summed E-state index contributed by atoms with van der Waals surface area (Å²) >= 11 is 1.35. The fourth-order valence-electron chi connectivity index (χ4n) is 1.97. The molecule has 0 aromatic heterocycles. The second-order valence-corrected chi connectivity index (χ2v) is 5.54. The van der Waals surface area contributed by atoms with Crippen LogP contribution in [0, 0.1) is 0 Å². The van der Waals surface area contributed by atoms with Gasteiger partial charge in [0.15, 0.2) is 0 Å². The molecule has 118 valence electrons. The van der Waals surface area contributed by atoms with Crippen molar-refractivity contribution < 1.29 is 4.79 Å². The zero-order valence-electron chi connectivity index (χ0n) is 13.1. The maximum absolute atomic E-state index is 12.2. The Morgan fingerprint density at radius 1 is 1.09 bits per heavy atom. The summed E-state index contributed by atoms with van der Waals surface area (Å²) in [5, 5.41) is 0. The summed E-state index contributed by atoms with van der Waals surface area (Å²) in [4.78, 5) is 20.3. The quantitative estimate of drug-likeness (QED) is 0.484. The molecule has 0 aliphatic rings. The Bertz CT molecular complexity index is 711. The lowest BCUT2D eigenvalue weighted by Gasteiger charge is -2.08. The summed E-state index contributed by atoms with van der Waals surface area (Å²) in [5.74, 6) is -0.189. The number of benzene rings is 2. The first kappa shape index (κ1) is 17.0. The van der Waals surface area contributed by atoms with Gasteiger partial charge in [-0.3, -0.25) is 15.2 Å². The highest BCUT2D eigenvalue weighted by molar-refractivity contribution is 7.97. The largest absolute Gasteiger partial charge is 0.288 e. The molecule has 5 heteroatoms. The van der Waals surface area contributed by atoms with Gasteiger partial charge in [0.2, 0.25) is 0 Å². The summed E-state index contributed by atoms with van der Waals surface area (Å²) in [6.07, 6.45) is 3.84. The van der Waals surface area contributed by atoms with E-state index >= 15 is 0 Å². The summed E-state index contributed by atoms with van der Waals surface area (Å²) < 4.78 is 0. The van der Waals surface area contributed by atoms with Crippen LogP contribution in [0.3, 0.4) is 0 Å². The second-order valence-electron chi connectivity index (χ2n) is 4.66. The molecule has 2 N–H and O–H groups in total. The van der Waals surface area contributed by atoms with Gasteiger partial charge in [0.25, 0.3) is 5.91 Å². The van der Waals surface area contributed by atoms with Gasteiger partial charge in [0.05, 0.1) is 5.71 Å². The first-order valence-corrected chi connectivity index (χ1v) is 8.03. The van der Waals surface area contributed by atoms with Crippen LogP contribution < -0.4 is 10.3 Å². The normalized spacial score (nSPS) is 11.7. The molecule has 0 unspecified atom stereocenters. The van der Waals surface area contributed by atoms with Gasteiger partial charge in [0.1, 0.15) is 0 Å². The van der Waals surface area contributed by atoms with E-state index in [0.717, 1.165) is 16.2 Å². The van der Waals surface area contributed by atoms with Crippen molar-refractivity contribution in [3.8, 4) is 0 Å². The molecule has 23 heavy (non-hydrogen) atoms. The maximum atomic E-state index is 12.2. The van der Waals surface area contributed by atoms with E-state index in [-0.39, 0.29) is 5.91 Å². The fourth-order valence-corrected chi connectivity index (χ4v) is 2.52. The van der Waals surface area contributed by atoms with Crippen LogP contribution in [0.15, 0.2) is 76.6 Å². The van der Waals surface area contributed by atoms with Gasteiger partial charge in [-0.2, -0.15) is 4.83 Å². The van der Waals surface area contributed by atoms with E-state index in [9.17, 15) is 4.79 Å². The minimum atomic E-state index is -0.189. The molecule has 0 heterocycles. The van der Waals surface area contributed by atoms with E-state index < -0.39 is 0 Å². The second kappa shape index (κ2) is 8.92. The molecule has 0 atom stereocenters. The minimum Gasteiger partial charge on any atom is -0.288 e. The molecule has 0 radical (unpaired) electrons. The zero-order valence-corrected chi connectivity index (χ0v) is 13.9. The molecule has 0 spiro atoms. The van der Waals surface area contributed by atoms with Crippen LogP contribution in [0.1, 0.15) is 22.8 Å². The fraction of sp³-hybridized carbons (Fsp3) is 0.111. The maximum Gasteiger partial charge on any atom is 0.266 e. The lowest BCUT2D eigenvalue weighted by Crippen LogP contribution is -2.32. The van der Waals surface area contributed by atoms with E-state index in [1.165, 1.54) is 11.9 Å². The molecule has 0 saturated heterocycles. The van der Waals surface area contributed by atoms with Crippen molar-refractivity contribution in [2.75, 3.05) is 7.05 Å². The van der Waals surface area contributed by atoms with Crippen molar-refractivity contribution in [2.24, 2.45) is 4.99 Å². The van der Waals surface area contributed by atoms with Crippen molar-refractivity contribution in [3.05, 3.63) is 77.9 Å². The number of nitrogens with zero attached hydrogens (tertiary/aromatic N) is 1.